The third kappa shape index (κ3) is 5.10. The molecule has 26 heavy (non-hydrogen) atoms. The zero-order valence-electron chi connectivity index (χ0n) is 14.6. The molecule has 0 aliphatic heterocycles. The van der Waals surface area contributed by atoms with Crippen molar-refractivity contribution in [2.24, 2.45) is 0 Å². The van der Waals surface area contributed by atoms with Crippen LogP contribution in [-0.4, -0.2) is 34.8 Å². The number of hydrogen-bond acceptors (Lipinski definition) is 5. The van der Waals surface area contributed by atoms with E-state index in [9.17, 15) is 19.7 Å². The van der Waals surface area contributed by atoms with E-state index in [2.05, 4.69) is 15.6 Å². The van der Waals surface area contributed by atoms with Crippen LogP contribution >= 0.6 is 0 Å². The van der Waals surface area contributed by atoms with Gasteiger partial charge in [0.15, 0.2) is 0 Å². The standard InChI is InChI=1S/C18H20N4O4/c1-12-4-6-14(10-16(12)22(25)26)17(23)19-8-3-9-20-18(24)15-7-5-13(2)21-11-15/h4-7,10-11H,3,8-9H2,1-2H3,(H,19,23)(H,20,24). The lowest BCUT2D eigenvalue weighted by molar-refractivity contribution is -0.385. The first-order valence-electron chi connectivity index (χ1n) is 8.12. The van der Waals surface area contributed by atoms with Gasteiger partial charge in [0.25, 0.3) is 17.5 Å². The summed E-state index contributed by atoms with van der Waals surface area (Å²) in [7, 11) is 0. The molecule has 1 heterocycles. The summed E-state index contributed by atoms with van der Waals surface area (Å²) < 4.78 is 0. The Morgan fingerprint density at radius 2 is 1.65 bits per heavy atom. The summed E-state index contributed by atoms with van der Waals surface area (Å²) in [6.07, 6.45) is 2.04. The van der Waals surface area contributed by atoms with Crippen LogP contribution < -0.4 is 10.6 Å². The first-order valence-corrected chi connectivity index (χ1v) is 8.12. The molecule has 0 saturated heterocycles. The van der Waals surface area contributed by atoms with Gasteiger partial charge in [-0.15, -0.1) is 0 Å². The van der Waals surface area contributed by atoms with Gasteiger partial charge in [0.2, 0.25) is 0 Å². The summed E-state index contributed by atoms with van der Waals surface area (Å²) in [6, 6.07) is 7.81. The van der Waals surface area contributed by atoms with Crippen LogP contribution in [0.4, 0.5) is 5.69 Å². The summed E-state index contributed by atoms with van der Waals surface area (Å²) in [5, 5.41) is 16.3. The molecule has 2 aromatic rings. The number of aryl methyl sites for hydroxylation is 2. The summed E-state index contributed by atoms with van der Waals surface area (Å²) in [4.78, 5) is 38.4. The van der Waals surface area contributed by atoms with Crippen molar-refractivity contribution in [1.82, 2.24) is 15.6 Å². The monoisotopic (exact) mass is 356 g/mol. The Morgan fingerprint density at radius 3 is 2.23 bits per heavy atom. The Bertz CT molecular complexity index is 818. The van der Waals surface area contributed by atoms with Gasteiger partial charge in [-0.1, -0.05) is 6.07 Å². The minimum atomic E-state index is -0.512. The van der Waals surface area contributed by atoms with Crippen molar-refractivity contribution in [3.05, 3.63) is 69.0 Å². The second-order valence-electron chi connectivity index (χ2n) is 5.81. The predicted molar refractivity (Wildman–Crippen MR) is 96.1 cm³/mol. The maximum Gasteiger partial charge on any atom is 0.273 e. The van der Waals surface area contributed by atoms with E-state index in [1.807, 2.05) is 6.92 Å². The average Bonchev–Trinajstić information content (AvgIpc) is 2.61. The van der Waals surface area contributed by atoms with Crippen molar-refractivity contribution < 1.29 is 14.5 Å². The number of carbonyl (C=O) groups excluding carboxylic acids is 2. The average molecular weight is 356 g/mol. The predicted octanol–water partition coefficient (Wildman–Crippen LogP) is 2.16. The number of hydrogen-bond donors (Lipinski definition) is 2. The number of nitro groups is 1. The fraction of sp³-hybridized carbons (Fsp3) is 0.278. The third-order valence-corrected chi connectivity index (χ3v) is 3.77. The number of nitro benzene ring substituents is 1. The number of nitrogens with zero attached hydrogens (tertiary/aromatic N) is 2. The third-order valence-electron chi connectivity index (χ3n) is 3.77. The van der Waals surface area contributed by atoms with Crippen LogP contribution in [0.25, 0.3) is 0 Å². The molecule has 1 aromatic carbocycles. The maximum absolute atomic E-state index is 12.1. The van der Waals surface area contributed by atoms with E-state index in [4.69, 9.17) is 0 Å². The smallest absolute Gasteiger partial charge is 0.273 e. The molecule has 136 valence electrons. The molecule has 0 spiro atoms. The zero-order valence-corrected chi connectivity index (χ0v) is 14.6. The fourth-order valence-electron chi connectivity index (χ4n) is 2.25. The molecule has 2 N–H and O–H groups in total. The van der Waals surface area contributed by atoms with E-state index in [1.54, 1.807) is 31.2 Å². The largest absolute Gasteiger partial charge is 0.352 e. The quantitative estimate of drug-likeness (QED) is 0.448. The summed E-state index contributed by atoms with van der Waals surface area (Å²) >= 11 is 0. The zero-order chi connectivity index (χ0) is 19.1. The molecule has 0 bridgehead atoms. The molecule has 0 aliphatic carbocycles. The highest BCUT2D eigenvalue weighted by molar-refractivity contribution is 5.95. The lowest BCUT2D eigenvalue weighted by atomic mass is 10.1. The van der Waals surface area contributed by atoms with Crippen LogP contribution in [-0.2, 0) is 0 Å². The number of aromatic nitrogens is 1. The Morgan fingerprint density at radius 1 is 1.04 bits per heavy atom. The molecule has 8 heteroatoms. The molecule has 0 atom stereocenters. The normalized spacial score (nSPS) is 10.2. The number of benzene rings is 1. The Labute approximate surface area is 150 Å². The van der Waals surface area contributed by atoms with Crippen LogP contribution in [0, 0.1) is 24.0 Å². The summed E-state index contributed by atoms with van der Waals surface area (Å²) in [5.74, 6) is -0.611. The van der Waals surface area contributed by atoms with Crippen LogP contribution in [0.15, 0.2) is 36.5 Å². The van der Waals surface area contributed by atoms with Crippen molar-refractivity contribution >= 4 is 17.5 Å². The van der Waals surface area contributed by atoms with Crippen molar-refractivity contribution in [2.75, 3.05) is 13.1 Å². The number of nitrogens with one attached hydrogen (secondary N) is 2. The molecular weight excluding hydrogens is 336 g/mol. The SMILES string of the molecule is Cc1ccc(C(=O)NCCCNC(=O)c2ccc(C)c([N+](=O)[O-])c2)cn1. The van der Waals surface area contributed by atoms with E-state index in [-0.39, 0.29) is 23.1 Å². The highest BCUT2D eigenvalue weighted by Crippen LogP contribution is 2.19. The van der Waals surface area contributed by atoms with Gasteiger partial charge in [-0.05, 0) is 38.5 Å². The van der Waals surface area contributed by atoms with Gasteiger partial charge in [-0.3, -0.25) is 24.7 Å². The second kappa shape index (κ2) is 8.70. The van der Waals surface area contributed by atoms with Crippen LogP contribution in [0.1, 0.15) is 38.4 Å². The molecule has 0 radical (unpaired) electrons. The second-order valence-corrected chi connectivity index (χ2v) is 5.81. The van der Waals surface area contributed by atoms with Gasteiger partial charge in [0.1, 0.15) is 0 Å². The molecule has 0 fully saturated rings. The number of amides is 2. The van der Waals surface area contributed by atoms with Crippen LogP contribution in [0.3, 0.4) is 0 Å². The maximum atomic E-state index is 12.1. The molecule has 2 amide bonds. The van der Waals surface area contributed by atoms with Gasteiger partial charge in [-0.25, -0.2) is 0 Å². The Hall–Kier alpha value is -3.29. The molecular formula is C18H20N4O4. The topological polar surface area (TPSA) is 114 Å². The lowest BCUT2D eigenvalue weighted by Crippen LogP contribution is -2.30. The van der Waals surface area contributed by atoms with Gasteiger partial charge in [0, 0.05) is 42.2 Å². The van der Waals surface area contributed by atoms with E-state index < -0.39 is 4.92 Å². The Kier molecular flexibility index (Phi) is 6.37. The first kappa shape index (κ1) is 19.0. The van der Waals surface area contributed by atoms with Crippen LogP contribution in [0.5, 0.6) is 0 Å². The van der Waals surface area contributed by atoms with Gasteiger partial charge in [0.05, 0.1) is 10.5 Å². The fourth-order valence-corrected chi connectivity index (χ4v) is 2.25. The number of carbonyl (C=O) groups is 2. The van der Waals surface area contributed by atoms with Gasteiger partial charge in [-0.2, -0.15) is 0 Å². The van der Waals surface area contributed by atoms with Crippen molar-refractivity contribution in [3.63, 3.8) is 0 Å². The van der Waals surface area contributed by atoms with E-state index >= 15 is 0 Å². The highest BCUT2D eigenvalue weighted by Gasteiger charge is 2.14. The van der Waals surface area contributed by atoms with Gasteiger partial charge < -0.3 is 10.6 Å². The number of rotatable bonds is 7. The highest BCUT2D eigenvalue weighted by atomic mass is 16.6. The van der Waals surface area contributed by atoms with E-state index in [1.165, 1.54) is 12.3 Å². The van der Waals surface area contributed by atoms with E-state index in [0.717, 1.165) is 5.69 Å². The first-order chi connectivity index (χ1) is 12.4. The van der Waals surface area contributed by atoms with E-state index in [0.29, 0.717) is 30.6 Å². The van der Waals surface area contributed by atoms with Crippen molar-refractivity contribution in [2.45, 2.75) is 20.3 Å². The lowest BCUT2D eigenvalue weighted by Gasteiger charge is -2.07. The summed E-state index contributed by atoms with van der Waals surface area (Å²) in [5.41, 5.74) is 1.96. The molecule has 1 aromatic heterocycles. The number of pyridine rings is 1. The minimum absolute atomic E-state index is 0.0865. The minimum Gasteiger partial charge on any atom is -0.352 e. The van der Waals surface area contributed by atoms with Crippen molar-refractivity contribution in [1.29, 1.82) is 0 Å². The van der Waals surface area contributed by atoms with Gasteiger partial charge >= 0.3 is 0 Å². The Balaban J connectivity index is 1.76. The summed E-state index contributed by atoms with van der Waals surface area (Å²) in [6.45, 7) is 4.19. The molecule has 0 saturated carbocycles. The molecule has 2 rings (SSSR count). The van der Waals surface area contributed by atoms with Crippen molar-refractivity contribution in [3.8, 4) is 0 Å². The van der Waals surface area contributed by atoms with Crippen LogP contribution in [0.2, 0.25) is 0 Å². The molecule has 8 nitrogen and oxygen atoms in total. The molecule has 0 unspecified atom stereocenters. The molecule has 0 aliphatic rings.